The number of nitrogens with zero attached hydrogens (tertiary/aromatic N) is 4. The predicted octanol–water partition coefficient (Wildman–Crippen LogP) is 2.16. The maximum Gasteiger partial charge on any atom is 0.282 e. The molecule has 3 heterocycles. The van der Waals surface area contributed by atoms with Gasteiger partial charge in [-0.25, -0.2) is 13.8 Å². The lowest BCUT2D eigenvalue weighted by molar-refractivity contribution is -0.122. The molecule has 1 amide bonds. The number of carbonyl (C=O) groups is 1. The summed E-state index contributed by atoms with van der Waals surface area (Å²) < 4.78 is 29.1. The second kappa shape index (κ2) is 5.43. The minimum Gasteiger partial charge on any atom is -0.346 e. The van der Waals surface area contributed by atoms with Gasteiger partial charge in [-0.15, -0.1) is 0 Å². The quantitative estimate of drug-likeness (QED) is 0.918. The molecule has 2 aliphatic rings. The SMILES string of the molecule is O=C(Cn1nc(C(F)F)cc1C1CC1)NC1CCn2cncc21. The molecule has 1 fully saturated rings. The molecule has 4 rings (SSSR count). The fraction of sp³-hybridized carbons (Fsp3) is 0.533. The Hall–Kier alpha value is -2.25. The molecule has 1 unspecified atom stereocenters. The highest BCUT2D eigenvalue weighted by molar-refractivity contribution is 5.76. The Kier molecular flexibility index (Phi) is 3.39. The highest BCUT2D eigenvalue weighted by atomic mass is 19.3. The number of aromatic nitrogens is 4. The molecule has 2 aromatic rings. The fourth-order valence-electron chi connectivity index (χ4n) is 3.14. The molecular weight excluding hydrogens is 304 g/mol. The van der Waals surface area contributed by atoms with Crippen LogP contribution in [0.15, 0.2) is 18.6 Å². The molecule has 6 nitrogen and oxygen atoms in total. The van der Waals surface area contributed by atoms with Crippen LogP contribution < -0.4 is 5.32 Å². The Morgan fingerprint density at radius 2 is 2.17 bits per heavy atom. The molecule has 1 saturated carbocycles. The lowest BCUT2D eigenvalue weighted by Crippen LogP contribution is -2.31. The van der Waals surface area contributed by atoms with Gasteiger partial charge in [0.2, 0.25) is 5.91 Å². The number of carbonyl (C=O) groups excluding carboxylic acids is 1. The van der Waals surface area contributed by atoms with Gasteiger partial charge < -0.3 is 9.88 Å². The van der Waals surface area contributed by atoms with Crippen LogP contribution >= 0.6 is 0 Å². The van der Waals surface area contributed by atoms with Crippen molar-refractivity contribution in [1.29, 1.82) is 0 Å². The van der Waals surface area contributed by atoms with Gasteiger partial charge in [-0.1, -0.05) is 0 Å². The van der Waals surface area contributed by atoms with Gasteiger partial charge in [0.1, 0.15) is 12.2 Å². The Balaban J connectivity index is 1.47. The molecule has 0 aromatic carbocycles. The number of alkyl halides is 2. The third-order valence-corrected chi connectivity index (χ3v) is 4.44. The molecule has 1 N–H and O–H groups in total. The largest absolute Gasteiger partial charge is 0.346 e. The molecular formula is C15H17F2N5O. The minimum absolute atomic E-state index is 0.0246. The van der Waals surface area contributed by atoms with Crippen molar-refractivity contribution >= 4 is 5.91 Å². The van der Waals surface area contributed by atoms with Crippen LogP contribution in [0.5, 0.6) is 0 Å². The van der Waals surface area contributed by atoms with Crippen LogP contribution in [0.1, 0.15) is 54.7 Å². The molecule has 0 saturated heterocycles. The van der Waals surface area contributed by atoms with Gasteiger partial charge in [-0.3, -0.25) is 9.48 Å². The van der Waals surface area contributed by atoms with Crippen molar-refractivity contribution in [3.8, 4) is 0 Å². The van der Waals surface area contributed by atoms with Crippen molar-refractivity contribution in [1.82, 2.24) is 24.6 Å². The first kappa shape index (κ1) is 14.3. The van der Waals surface area contributed by atoms with Gasteiger partial charge in [0.05, 0.1) is 24.3 Å². The summed E-state index contributed by atoms with van der Waals surface area (Å²) in [5, 5.41) is 6.85. The highest BCUT2D eigenvalue weighted by Gasteiger charge is 2.31. The summed E-state index contributed by atoms with van der Waals surface area (Å²) >= 11 is 0. The number of hydrogen-bond donors (Lipinski definition) is 1. The van der Waals surface area contributed by atoms with Gasteiger partial charge in [0.25, 0.3) is 6.43 Å². The number of aryl methyl sites for hydroxylation is 1. The summed E-state index contributed by atoms with van der Waals surface area (Å²) in [4.78, 5) is 16.3. The summed E-state index contributed by atoms with van der Waals surface area (Å²) in [7, 11) is 0. The zero-order valence-electron chi connectivity index (χ0n) is 12.5. The standard InChI is InChI=1S/C15H17F2N5O/c16-15(17)11-5-12(9-1-2-9)22(20-11)7-14(23)19-10-3-4-21-8-18-6-13(10)21/h5-6,8-10,15H,1-4,7H2,(H,19,23). The van der Waals surface area contributed by atoms with Crippen molar-refractivity contribution in [2.24, 2.45) is 0 Å². The van der Waals surface area contributed by atoms with E-state index in [1.54, 1.807) is 12.5 Å². The first-order valence-corrected chi connectivity index (χ1v) is 7.77. The summed E-state index contributed by atoms with van der Waals surface area (Å²) in [6.07, 6.45) is 3.64. The van der Waals surface area contributed by atoms with Crippen LogP contribution in [-0.4, -0.2) is 25.2 Å². The fourth-order valence-corrected chi connectivity index (χ4v) is 3.14. The van der Waals surface area contributed by atoms with Crippen LogP contribution in [0.3, 0.4) is 0 Å². The number of hydrogen-bond acceptors (Lipinski definition) is 3. The Morgan fingerprint density at radius 3 is 2.91 bits per heavy atom. The van der Waals surface area contributed by atoms with E-state index in [-0.39, 0.29) is 30.1 Å². The monoisotopic (exact) mass is 321 g/mol. The molecule has 0 radical (unpaired) electrons. The second-order valence-electron chi connectivity index (χ2n) is 6.15. The van der Waals surface area contributed by atoms with Gasteiger partial charge >= 0.3 is 0 Å². The van der Waals surface area contributed by atoms with E-state index < -0.39 is 6.43 Å². The van der Waals surface area contributed by atoms with Crippen LogP contribution in [0.25, 0.3) is 0 Å². The van der Waals surface area contributed by atoms with E-state index in [0.29, 0.717) is 0 Å². The molecule has 1 aliphatic heterocycles. The van der Waals surface area contributed by atoms with Gasteiger partial charge in [0.15, 0.2) is 0 Å². The van der Waals surface area contributed by atoms with Gasteiger partial charge in [-0.2, -0.15) is 5.10 Å². The van der Waals surface area contributed by atoms with E-state index in [4.69, 9.17) is 0 Å². The van der Waals surface area contributed by atoms with Crippen molar-refractivity contribution in [3.05, 3.63) is 35.7 Å². The third-order valence-electron chi connectivity index (χ3n) is 4.44. The van der Waals surface area contributed by atoms with E-state index >= 15 is 0 Å². The smallest absolute Gasteiger partial charge is 0.282 e. The Morgan fingerprint density at radius 1 is 1.35 bits per heavy atom. The lowest BCUT2D eigenvalue weighted by atomic mass is 10.2. The average Bonchev–Trinajstić information content (AvgIpc) is 2.94. The molecule has 8 heteroatoms. The maximum atomic E-state index is 12.9. The number of nitrogens with one attached hydrogen (secondary N) is 1. The van der Waals surface area contributed by atoms with Gasteiger partial charge in [-0.05, 0) is 25.3 Å². The second-order valence-corrected chi connectivity index (χ2v) is 6.15. The zero-order chi connectivity index (χ0) is 16.0. The number of halogens is 2. The summed E-state index contributed by atoms with van der Waals surface area (Å²) in [5.74, 6) is 0.0474. The van der Waals surface area contributed by atoms with E-state index in [9.17, 15) is 13.6 Å². The number of fused-ring (bicyclic) bond motifs is 1. The van der Waals surface area contributed by atoms with E-state index in [1.165, 1.54) is 10.7 Å². The van der Waals surface area contributed by atoms with E-state index in [2.05, 4.69) is 15.4 Å². The van der Waals surface area contributed by atoms with E-state index in [1.807, 2.05) is 4.57 Å². The number of rotatable bonds is 5. The summed E-state index contributed by atoms with van der Waals surface area (Å²) in [6, 6.07) is 1.36. The van der Waals surface area contributed by atoms with Crippen LogP contribution in [0.2, 0.25) is 0 Å². The van der Waals surface area contributed by atoms with Crippen LogP contribution in [0, 0.1) is 0 Å². The van der Waals surface area contributed by atoms with Crippen LogP contribution in [-0.2, 0) is 17.9 Å². The molecule has 0 bridgehead atoms. The molecule has 23 heavy (non-hydrogen) atoms. The van der Waals surface area contributed by atoms with Crippen LogP contribution in [0.4, 0.5) is 8.78 Å². The first-order chi connectivity index (χ1) is 11.1. The summed E-state index contributed by atoms with van der Waals surface area (Å²) in [6.45, 7) is 0.800. The number of amides is 1. The molecule has 0 spiro atoms. The number of imidazole rings is 1. The predicted molar refractivity (Wildman–Crippen MR) is 76.9 cm³/mol. The molecule has 122 valence electrons. The van der Waals surface area contributed by atoms with Crippen molar-refractivity contribution in [2.75, 3.05) is 0 Å². The first-order valence-electron chi connectivity index (χ1n) is 7.77. The van der Waals surface area contributed by atoms with Gasteiger partial charge in [0, 0.05) is 18.2 Å². The molecule has 1 aliphatic carbocycles. The highest BCUT2D eigenvalue weighted by Crippen LogP contribution is 2.41. The van der Waals surface area contributed by atoms with E-state index in [0.717, 1.165) is 37.2 Å². The average molecular weight is 321 g/mol. The minimum atomic E-state index is -2.61. The lowest BCUT2D eigenvalue weighted by Gasteiger charge is -2.13. The summed E-state index contributed by atoms with van der Waals surface area (Å²) in [5.41, 5.74) is 1.47. The normalized spacial score (nSPS) is 20.0. The van der Waals surface area contributed by atoms with Crippen molar-refractivity contribution in [2.45, 2.75) is 50.7 Å². The Labute approximate surface area is 131 Å². The maximum absolute atomic E-state index is 12.9. The molecule has 1 atom stereocenters. The van der Waals surface area contributed by atoms with Crippen molar-refractivity contribution < 1.29 is 13.6 Å². The van der Waals surface area contributed by atoms with Crippen molar-refractivity contribution in [3.63, 3.8) is 0 Å². The Bertz CT molecular complexity index is 734. The topological polar surface area (TPSA) is 64.7 Å². The third kappa shape index (κ3) is 2.73. The zero-order valence-corrected chi connectivity index (χ0v) is 12.5. The molecule has 2 aromatic heterocycles.